The van der Waals surface area contributed by atoms with Crippen LogP contribution in [0.25, 0.3) is 0 Å². The molecule has 2 aromatic carbocycles. The Labute approximate surface area is 128 Å². The Balaban J connectivity index is 1.67. The Bertz CT molecular complexity index is 507. The van der Waals surface area contributed by atoms with E-state index in [1.807, 2.05) is 18.2 Å². The molecule has 0 bridgehead atoms. The van der Waals surface area contributed by atoms with Crippen molar-refractivity contribution in [1.29, 1.82) is 0 Å². The summed E-state index contributed by atoms with van der Waals surface area (Å²) in [4.78, 5) is 0. The second-order valence-corrected chi connectivity index (χ2v) is 5.37. The van der Waals surface area contributed by atoms with Crippen LogP contribution in [0.4, 0.5) is 5.69 Å². The highest BCUT2D eigenvalue weighted by atomic mass is 16.5. The van der Waals surface area contributed by atoms with Gasteiger partial charge in [-0.2, -0.15) is 0 Å². The minimum atomic E-state index is 0.620. The predicted octanol–water partition coefficient (Wildman–Crippen LogP) is 5.08. The van der Waals surface area contributed by atoms with Crippen LogP contribution in [0.3, 0.4) is 0 Å². The summed E-state index contributed by atoms with van der Waals surface area (Å²) in [6.45, 7) is 6.14. The molecule has 2 rings (SSSR count). The lowest BCUT2D eigenvalue weighted by Crippen LogP contribution is -2.07. The van der Waals surface area contributed by atoms with Crippen molar-refractivity contribution in [3.63, 3.8) is 0 Å². The second-order valence-electron chi connectivity index (χ2n) is 5.37. The lowest BCUT2D eigenvalue weighted by molar-refractivity contribution is 0.315. The fourth-order valence-corrected chi connectivity index (χ4v) is 2.18. The van der Waals surface area contributed by atoms with Gasteiger partial charge in [0.05, 0.1) is 6.61 Å². The maximum Gasteiger partial charge on any atom is 0.119 e. The van der Waals surface area contributed by atoms with Crippen LogP contribution in [0.1, 0.15) is 38.2 Å². The first-order chi connectivity index (χ1) is 10.3. The van der Waals surface area contributed by atoms with Gasteiger partial charge in [0.2, 0.25) is 0 Å². The Morgan fingerprint density at radius 3 is 2.38 bits per heavy atom. The normalized spacial score (nSPS) is 11.9. The van der Waals surface area contributed by atoms with Crippen molar-refractivity contribution in [2.24, 2.45) is 0 Å². The van der Waals surface area contributed by atoms with E-state index in [0.717, 1.165) is 31.0 Å². The summed E-state index contributed by atoms with van der Waals surface area (Å²) in [5.41, 5.74) is 2.55. The highest BCUT2D eigenvalue weighted by Gasteiger charge is 2.02. The molecule has 21 heavy (non-hydrogen) atoms. The molecule has 2 nitrogen and oxygen atoms in total. The van der Waals surface area contributed by atoms with Gasteiger partial charge in [-0.15, -0.1) is 0 Å². The summed E-state index contributed by atoms with van der Waals surface area (Å²) in [7, 11) is 0. The first-order valence-corrected chi connectivity index (χ1v) is 7.81. The zero-order valence-corrected chi connectivity index (χ0v) is 13.0. The van der Waals surface area contributed by atoms with Crippen molar-refractivity contribution >= 4 is 5.69 Å². The zero-order valence-electron chi connectivity index (χ0n) is 13.0. The average molecular weight is 283 g/mol. The molecule has 1 N–H and O–H groups in total. The summed E-state index contributed by atoms with van der Waals surface area (Å²) >= 11 is 0. The quantitative estimate of drug-likeness (QED) is 0.682. The van der Waals surface area contributed by atoms with Crippen molar-refractivity contribution in [1.82, 2.24) is 0 Å². The number of hydrogen-bond donors (Lipinski definition) is 1. The van der Waals surface area contributed by atoms with Gasteiger partial charge in [-0.05, 0) is 48.6 Å². The summed E-state index contributed by atoms with van der Waals surface area (Å²) in [6, 6.07) is 18.8. The Morgan fingerprint density at radius 1 is 1.00 bits per heavy atom. The molecule has 0 spiro atoms. The van der Waals surface area contributed by atoms with Gasteiger partial charge in [0.15, 0.2) is 0 Å². The minimum absolute atomic E-state index is 0.620. The Hall–Kier alpha value is -1.96. The van der Waals surface area contributed by atoms with Crippen LogP contribution in [-0.2, 0) is 0 Å². The molecule has 0 heterocycles. The van der Waals surface area contributed by atoms with Gasteiger partial charge < -0.3 is 10.1 Å². The monoisotopic (exact) mass is 283 g/mol. The summed E-state index contributed by atoms with van der Waals surface area (Å²) < 4.78 is 5.77. The number of anilines is 1. The SMILES string of the molecule is CCC(C)c1ccc(OCCCNc2ccccc2)cc1. The molecule has 0 fully saturated rings. The molecule has 0 amide bonds. The van der Waals surface area contributed by atoms with E-state index in [9.17, 15) is 0 Å². The molecule has 0 saturated carbocycles. The van der Waals surface area contributed by atoms with Crippen LogP contribution >= 0.6 is 0 Å². The first kappa shape index (κ1) is 15.4. The van der Waals surface area contributed by atoms with Crippen LogP contribution in [0.5, 0.6) is 5.75 Å². The van der Waals surface area contributed by atoms with Gasteiger partial charge in [-0.1, -0.05) is 44.2 Å². The van der Waals surface area contributed by atoms with Crippen LogP contribution in [-0.4, -0.2) is 13.2 Å². The third-order valence-electron chi connectivity index (χ3n) is 3.75. The molecule has 0 radical (unpaired) electrons. The second kappa shape index (κ2) is 8.35. The molecular weight excluding hydrogens is 258 g/mol. The molecule has 0 saturated heterocycles. The lowest BCUT2D eigenvalue weighted by Gasteiger charge is -2.11. The van der Waals surface area contributed by atoms with E-state index >= 15 is 0 Å². The maximum atomic E-state index is 5.77. The van der Waals surface area contributed by atoms with E-state index in [4.69, 9.17) is 4.74 Å². The average Bonchev–Trinajstić information content (AvgIpc) is 2.55. The number of rotatable bonds is 8. The van der Waals surface area contributed by atoms with Gasteiger partial charge in [0, 0.05) is 12.2 Å². The van der Waals surface area contributed by atoms with E-state index in [1.165, 1.54) is 12.0 Å². The highest BCUT2D eigenvalue weighted by Crippen LogP contribution is 2.21. The Morgan fingerprint density at radius 2 is 1.71 bits per heavy atom. The van der Waals surface area contributed by atoms with Crippen LogP contribution in [0.2, 0.25) is 0 Å². The largest absolute Gasteiger partial charge is 0.494 e. The van der Waals surface area contributed by atoms with Crippen molar-refractivity contribution in [3.05, 3.63) is 60.2 Å². The van der Waals surface area contributed by atoms with E-state index in [-0.39, 0.29) is 0 Å². The minimum Gasteiger partial charge on any atom is -0.494 e. The third kappa shape index (κ3) is 5.14. The Kier molecular flexibility index (Phi) is 6.14. The number of hydrogen-bond acceptors (Lipinski definition) is 2. The summed E-state index contributed by atoms with van der Waals surface area (Å²) in [5, 5.41) is 3.38. The number of benzene rings is 2. The molecule has 0 aliphatic carbocycles. The number of para-hydroxylation sites is 1. The van der Waals surface area contributed by atoms with Gasteiger partial charge in [0.25, 0.3) is 0 Å². The standard InChI is InChI=1S/C19H25NO/c1-3-16(2)17-10-12-19(13-11-17)21-15-7-14-20-18-8-5-4-6-9-18/h4-6,8-13,16,20H,3,7,14-15H2,1-2H3. The van der Waals surface area contributed by atoms with Crippen molar-refractivity contribution in [2.75, 3.05) is 18.5 Å². The predicted molar refractivity (Wildman–Crippen MR) is 90.2 cm³/mol. The molecule has 112 valence electrons. The zero-order chi connectivity index (χ0) is 14.9. The summed E-state index contributed by atoms with van der Waals surface area (Å²) in [5.74, 6) is 1.58. The third-order valence-corrected chi connectivity index (χ3v) is 3.75. The highest BCUT2D eigenvalue weighted by molar-refractivity contribution is 5.42. The first-order valence-electron chi connectivity index (χ1n) is 7.81. The molecule has 0 aliphatic rings. The molecule has 1 unspecified atom stereocenters. The maximum absolute atomic E-state index is 5.77. The van der Waals surface area contributed by atoms with Gasteiger partial charge in [-0.25, -0.2) is 0 Å². The molecule has 0 aliphatic heterocycles. The molecule has 0 aromatic heterocycles. The fraction of sp³-hybridized carbons (Fsp3) is 0.368. The topological polar surface area (TPSA) is 21.3 Å². The van der Waals surface area contributed by atoms with E-state index < -0.39 is 0 Å². The van der Waals surface area contributed by atoms with Gasteiger partial charge >= 0.3 is 0 Å². The molecule has 2 aromatic rings. The molecular formula is C19H25NO. The number of nitrogens with one attached hydrogen (secondary N) is 1. The smallest absolute Gasteiger partial charge is 0.119 e. The van der Waals surface area contributed by atoms with Crippen molar-refractivity contribution in [2.45, 2.75) is 32.6 Å². The van der Waals surface area contributed by atoms with Crippen LogP contribution < -0.4 is 10.1 Å². The van der Waals surface area contributed by atoms with Crippen LogP contribution in [0, 0.1) is 0 Å². The van der Waals surface area contributed by atoms with E-state index in [1.54, 1.807) is 0 Å². The fourth-order valence-electron chi connectivity index (χ4n) is 2.18. The van der Waals surface area contributed by atoms with Crippen molar-refractivity contribution < 1.29 is 4.74 Å². The molecule has 1 atom stereocenters. The van der Waals surface area contributed by atoms with Gasteiger partial charge in [0.1, 0.15) is 5.75 Å². The molecule has 2 heteroatoms. The van der Waals surface area contributed by atoms with Gasteiger partial charge in [-0.3, -0.25) is 0 Å². The summed E-state index contributed by atoms with van der Waals surface area (Å²) in [6.07, 6.45) is 2.16. The van der Waals surface area contributed by atoms with Crippen LogP contribution in [0.15, 0.2) is 54.6 Å². The number of ether oxygens (including phenoxy) is 1. The van der Waals surface area contributed by atoms with E-state index in [2.05, 4.69) is 55.6 Å². The lowest BCUT2D eigenvalue weighted by atomic mass is 9.99. The van der Waals surface area contributed by atoms with E-state index in [0.29, 0.717) is 5.92 Å². The van der Waals surface area contributed by atoms with Crippen molar-refractivity contribution in [3.8, 4) is 5.75 Å².